The molecule has 10 nitrogen and oxygen atoms in total. The molecule has 1 saturated carbocycles. The van der Waals surface area contributed by atoms with Crippen LogP contribution in [-0.4, -0.2) is 62.7 Å². The lowest BCUT2D eigenvalue weighted by Crippen LogP contribution is -2.60. The van der Waals surface area contributed by atoms with Crippen LogP contribution in [0.5, 0.6) is 0 Å². The zero-order chi connectivity index (χ0) is 25.7. The number of aromatic nitrogens is 4. The molecule has 190 valence electrons. The van der Waals surface area contributed by atoms with Gasteiger partial charge >= 0.3 is 0 Å². The molecule has 0 bridgehead atoms. The first-order valence-corrected chi connectivity index (χ1v) is 13.1. The Bertz CT molecular complexity index is 1440. The monoisotopic (exact) mass is 516 g/mol. The lowest BCUT2D eigenvalue weighted by Gasteiger charge is -2.52. The Morgan fingerprint density at radius 2 is 1.95 bits per heavy atom. The molecule has 6 rings (SSSR count). The Morgan fingerprint density at radius 1 is 1.14 bits per heavy atom. The number of likely N-dealkylation sites (tertiary alicyclic amines) is 1. The minimum atomic E-state index is 0.271. The molecule has 2 saturated heterocycles. The van der Waals surface area contributed by atoms with Crippen molar-refractivity contribution in [2.75, 3.05) is 41.7 Å². The minimum Gasteiger partial charge on any atom is -0.369 e. The fourth-order valence-corrected chi connectivity index (χ4v) is 5.70. The predicted molar refractivity (Wildman–Crippen MR) is 142 cm³/mol. The van der Waals surface area contributed by atoms with Gasteiger partial charge in [0.2, 0.25) is 5.95 Å². The number of halogens is 1. The number of hydrogen-bond acceptors (Lipinski definition) is 9. The molecule has 0 amide bonds. The van der Waals surface area contributed by atoms with Crippen LogP contribution in [0, 0.1) is 28.1 Å². The summed E-state index contributed by atoms with van der Waals surface area (Å²) in [7, 11) is 0. The van der Waals surface area contributed by atoms with Crippen molar-refractivity contribution in [3.8, 4) is 12.1 Å². The Balaban J connectivity index is 1.32. The molecule has 1 aromatic carbocycles. The average Bonchev–Trinajstić information content (AvgIpc) is 3.59. The third kappa shape index (κ3) is 4.63. The van der Waals surface area contributed by atoms with Crippen LogP contribution in [0.15, 0.2) is 18.3 Å². The lowest BCUT2D eigenvalue weighted by molar-refractivity contribution is -0.0100. The fourth-order valence-electron chi connectivity index (χ4n) is 5.43. The van der Waals surface area contributed by atoms with Gasteiger partial charge < -0.3 is 15.5 Å². The summed E-state index contributed by atoms with van der Waals surface area (Å²) in [4.78, 5) is 13.8. The third-order valence-electron chi connectivity index (χ3n) is 7.34. The Kier molecular flexibility index (Phi) is 5.82. The molecule has 2 N–H and O–H groups in total. The topological polar surface area (TPSA) is 121 Å². The number of nitriles is 2. The van der Waals surface area contributed by atoms with E-state index in [1.807, 2.05) is 6.07 Å². The van der Waals surface area contributed by atoms with Crippen molar-refractivity contribution in [3.63, 3.8) is 0 Å². The van der Waals surface area contributed by atoms with Crippen molar-refractivity contribution in [3.05, 3.63) is 34.6 Å². The minimum absolute atomic E-state index is 0.271. The van der Waals surface area contributed by atoms with Crippen LogP contribution < -0.4 is 15.5 Å². The summed E-state index contributed by atoms with van der Waals surface area (Å²) in [6.07, 6.45) is 5.86. The van der Waals surface area contributed by atoms with Crippen molar-refractivity contribution in [2.45, 2.75) is 51.6 Å². The van der Waals surface area contributed by atoms with Crippen LogP contribution in [0.1, 0.15) is 50.8 Å². The number of nitrogens with one attached hydrogen (secondary N) is 2. The van der Waals surface area contributed by atoms with E-state index < -0.39 is 0 Å². The highest BCUT2D eigenvalue weighted by Gasteiger charge is 2.39. The largest absolute Gasteiger partial charge is 0.369 e. The molecule has 4 heterocycles. The first-order chi connectivity index (χ1) is 17.8. The van der Waals surface area contributed by atoms with E-state index >= 15 is 0 Å². The van der Waals surface area contributed by atoms with Gasteiger partial charge in [0.05, 0.1) is 34.2 Å². The third-order valence-corrected chi connectivity index (χ3v) is 7.74. The van der Waals surface area contributed by atoms with E-state index in [9.17, 15) is 10.5 Å². The van der Waals surface area contributed by atoms with Crippen LogP contribution >= 0.6 is 11.6 Å². The fraction of sp³-hybridized carbons (Fsp3) is 0.500. The molecule has 1 aliphatic carbocycles. The first kappa shape index (κ1) is 23.8. The van der Waals surface area contributed by atoms with Crippen molar-refractivity contribution < 1.29 is 0 Å². The number of benzene rings is 1. The van der Waals surface area contributed by atoms with Gasteiger partial charge in [0.15, 0.2) is 17.2 Å². The molecule has 3 fully saturated rings. The van der Waals surface area contributed by atoms with Gasteiger partial charge in [-0.1, -0.05) is 25.4 Å². The molecular formula is C26H29ClN10. The van der Waals surface area contributed by atoms with E-state index in [2.05, 4.69) is 61.5 Å². The molecule has 0 spiro atoms. The highest BCUT2D eigenvalue weighted by Crippen LogP contribution is 2.39. The molecule has 11 heteroatoms. The second-order valence-electron chi connectivity index (χ2n) is 11.1. The maximum Gasteiger partial charge on any atom is 0.247 e. The van der Waals surface area contributed by atoms with E-state index in [0.29, 0.717) is 50.9 Å². The maximum absolute atomic E-state index is 9.78. The Hall–Kier alpha value is -3.60. The van der Waals surface area contributed by atoms with Crippen LogP contribution in [0.25, 0.3) is 5.65 Å². The average molecular weight is 517 g/mol. The smallest absolute Gasteiger partial charge is 0.247 e. The van der Waals surface area contributed by atoms with Gasteiger partial charge in [0.25, 0.3) is 0 Å². The maximum atomic E-state index is 9.78. The zero-order valence-corrected chi connectivity index (χ0v) is 21.8. The Morgan fingerprint density at radius 3 is 2.65 bits per heavy atom. The van der Waals surface area contributed by atoms with Crippen LogP contribution in [0.3, 0.4) is 0 Å². The number of fused-ring (bicyclic) bond motifs is 1. The second kappa shape index (κ2) is 9.05. The van der Waals surface area contributed by atoms with Crippen molar-refractivity contribution >= 4 is 40.4 Å². The van der Waals surface area contributed by atoms with Gasteiger partial charge in [-0.25, -0.2) is 4.98 Å². The lowest BCUT2D eigenvalue weighted by atomic mass is 9.82. The number of hydrogen-bond donors (Lipinski definition) is 2. The molecule has 2 aromatic heterocycles. The number of rotatable bonds is 6. The van der Waals surface area contributed by atoms with E-state index in [0.717, 1.165) is 51.1 Å². The first-order valence-electron chi connectivity index (χ1n) is 12.8. The summed E-state index contributed by atoms with van der Waals surface area (Å²) in [5.74, 6) is 0.832. The molecule has 1 atom stereocenters. The quantitative estimate of drug-likeness (QED) is 0.497. The number of imidazole rings is 1. The summed E-state index contributed by atoms with van der Waals surface area (Å²) in [5.41, 5.74) is 3.09. The van der Waals surface area contributed by atoms with E-state index in [1.54, 1.807) is 6.07 Å². The summed E-state index contributed by atoms with van der Waals surface area (Å²) in [6.45, 7) is 8.61. The normalized spacial score (nSPS) is 21.2. The van der Waals surface area contributed by atoms with Crippen molar-refractivity contribution in [1.29, 1.82) is 10.5 Å². The van der Waals surface area contributed by atoms with Gasteiger partial charge in [-0.2, -0.15) is 20.0 Å². The molecule has 3 aromatic rings. The van der Waals surface area contributed by atoms with E-state index in [-0.39, 0.29) is 5.95 Å². The van der Waals surface area contributed by atoms with Crippen LogP contribution in [0.2, 0.25) is 5.02 Å². The summed E-state index contributed by atoms with van der Waals surface area (Å²) >= 11 is 6.96. The molecule has 37 heavy (non-hydrogen) atoms. The summed E-state index contributed by atoms with van der Waals surface area (Å²) in [5, 5.41) is 30.9. The van der Waals surface area contributed by atoms with Crippen LogP contribution in [0.4, 0.5) is 23.1 Å². The van der Waals surface area contributed by atoms with E-state index in [4.69, 9.17) is 11.6 Å². The molecule has 0 radical (unpaired) electrons. The molecule has 0 unspecified atom stereocenters. The second-order valence-corrected chi connectivity index (χ2v) is 11.5. The van der Waals surface area contributed by atoms with E-state index in [1.165, 1.54) is 17.1 Å². The SMILES string of the molecule is CC1(C)CN([C@@H]2CCCN(c3cc(C#N)cc(Nc4nc(NC5CC5)c5ncc(C#N)n5n4)c3Cl)C2)C1. The van der Waals surface area contributed by atoms with Gasteiger partial charge in [-0.05, 0) is 43.2 Å². The van der Waals surface area contributed by atoms with Crippen molar-refractivity contribution in [2.24, 2.45) is 5.41 Å². The number of anilines is 4. The number of piperidine rings is 1. The summed E-state index contributed by atoms with van der Waals surface area (Å²) < 4.78 is 1.48. The van der Waals surface area contributed by atoms with Gasteiger partial charge in [0.1, 0.15) is 6.07 Å². The van der Waals surface area contributed by atoms with Crippen molar-refractivity contribution in [1.82, 2.24) is 24.5 Å². The van der Waals surface area contributed by atoms with Gasteiger partial charge in [-0.15, -0.1) is 5.10 Å². The zero-order valence-electron chi connectivity index (χ0n) is 21.0. The molecular weight excluding hydrogens is 488 g/mol. The van der Waals surface area contributed by atoms with Crippen LogP contribution in [-0.2, 0) is 0 Å². The molecule has 2 aliphatic heterocycles. The predicted octanol–water partition coefficient (Wildman–Crippen LogP) is 4.15. The highest BCUT2D eigenvalue weighted by molar-refractivity contribution is 6.36. The standard InChI is InChI=1S/C26H29ClN10/c1-26(2)14-36(15-26)18-4-3-7-35(13-18)21-9-16(10-28)8-20(22(21)27)32-25-33-23(31-17-5-6-17)24-30-12-19(11-29)37(24)34-25/h8-9,12,17-18H,3-7,13-15H2,1-2H3,(H2,31,32,33,34)/t18-/m1/s1. The highest BCUT2D eigenvalue weighted by atomic mass is 35.5. The Labute approximate surface area is 220 Å². The van der Waals surface area contributed by atoms with Gasteiger partial charge in [-0.3, -0.25) is 4.90 Å². The van der Waals surface area contributed by atoms with Gasteiger partial charge in [0, 0.05) is 38.3 Å². The summed E-state index contributed by atoms with van der Waals surface area (Å²) in [6, 6.07) is 8.79. The number of nitrogens with zero attached hydrogens (tertiary/aromatic N) is 8. The molecule has 3 aliphatic rings.